The van der Waals surface area contributed by atoms with Gasteiger partial charge >= 0.3 is 16.2 Å². The molecule has 1 rings (SSSR count). The van der Waals surface area contributed by atoms with Crippen molar-refractivity contribution >= 4 is 31.6 Å². The Labute approximate surface area is 116 Å². The smallest absolute Gasteiger partial charge is 0.350 e. The van der Waals surface area contributed by atoms with Gasteiger partial charge in [0.15, 0.2) is 0 Å². The predicted octanol–water partition coefficient (Wildman–Crippen LogP) is 0.997. The molecule has 7 nitrogen and oxygen atoms in total. The fraction of sp³-hybridized carbons (Fsp3) is 0.300. The van der Waals surface area contributed by atoms with Crippen LogP contribution in [0, 0.1) is 5.82 Å². The molecule has 0 atom stereocenters. The van der Waals surface area contributed by atoms with Crippen LogP contribution in [0.2, 0.25) is 0 Å². The SMILES string of the molecule is COC(=O)c1c(F)cccc1NS(=O)(=O)N=S(C)(C)=O. The molecule has 1 aromatic rings. The normalized spacial score (nSPS) is 11.8. The number of esters is 1. The maximum absolute atomic E-state index is 13.6. The van der Waals surface area contributed by atoms with E-state index >= 15 is 0 Å². The van der Waals surface area contributed by atoms with Crippen LogP contribution in [0.4, 0.5) is 10.1 Å². The topological polar surface area (TPSA) is 102 Å². The number of carbonyl (C=O) groups is 1. The Kier molecular flexibility index (Phi) is 4.71. The lowest BCUT2D eigenvalue weighted by Gasteiger charge is -2.09. The Morgan fingerprint density at radius 2 is 1.90 bits per heavy atom. The Morgan fingerprint density at radius 3 is 2.40 bits per heavy atom. The molecule has 0 amide bonds. The van der Waals surface area contributed by atoms with Gasteiger partial charge in [-0.05, 0) is 12.1 Å². The number of ether oxygens (including phenoxy) is 1. The maximum atomic E-state index is 13.6. The second kappa shape index (κ2) is 5.75. The molecule has 0 spiro atoms. The summed E-state index contributed by atoms with van der Waals surface area (Å²) in [5.41, 5.74) is -0.920. The van der Waals surface area contributed by atoms with Gasteiger partial charge in [0.05, 0.1) is 22.5 Å². The van der Waals surface area contributed by atoms with E-state index in [1.807, 2.05) is 4.72 Å². The van der Waals surface area contributed by atoms with Gasteiger partial charge < -0.3 is 4.74 Å². The molecule has 10 heteroatoms. The Bertz CT molecular complexity index is 743. The highest BCUT2D eigenvalue weighted by molar-refractivity contribution is 8.03. The molecule has 0 fully saturated rings. The van der Waals surface area contributed by atoms with E-state index in [4.69, 9.17) is 0 Å². The molecule has 0 radical (unpaired) electrons. The molecule has 0 bridgehead atoms. The van der Waals surface area contributed by atoms with Crippen LogP contribution in [-0.2, 0) is 24.7 Å². The number of hydrogen-bond acceptors (Lipinski definition) is 5. The van der Waals surface area contributed by atoms with Gasteiger partial charge in [-0.25, -0.2) is 13.4 Å². The highest BCUT2D eigenvalue weighted by Crippen LogP contribution is 2.21. The van der Waals surface area contributed by atoms with E-state index in [0.29, 0.717) is 0 Å². The Morgan fingerprint density at radius 1 is 1.30 bits per heavy atom. The largest absolute Gasteiger partial charge is 0.465 e. The summed E-state index contributed by atoms with van der Waals surface area (Å²) in [6, 6.07) is 3.34. The van der Waals surface area contributed by atoms with Crippen LogP contribution in [-0.4, -0.2) is 38.2 Å². The standard InChI is InChI=1S/C10H13FN2O5S2/c1-18-10(14)9-7(11)5-4-6-8(9)12-20(16,17)13-19(2,3)15/h4-6,12H,1-3H3. The van der Waals surface area contributed by atoms with Gasteiger partial charge in [0, 0.05) is 12.5 Å². The van der Waals surface area contributed by atoms with Crippen molar-refractivity contribution in [2.75, 3.05) is 24.3 Å². The number of nitrogens with one attached hydrogen (secondary N) is 1. The quantitative estimate of drug-likeness (QED) is 0.832. The summed E-state index contributed by atoms with van der Waals surface area (Å²) in [5.74, 6) is -2.00. The third-order valence-electron chi connectivity index (χ3n) is 1.92. The summed E-state index contributed by atoms with van der Waals surface area (Å²) in [7, 11) is -6.25. The number of carbonyl (C=O) groups excluding carboxylic acids is 1. The van der Waals surface area contributed by atoms with Gasteiger partial charge in [-0.2, -0.15) is 8.42 Å². The molecule has 0 unspecified atom stereocenters. The number of halogens is 1. The Hall–Kier alpha value is -1.68. The molecule has 112 valence electrons. The molecule has 0 saturated carbocycles. The molecule has 1 aromatic carbocycles. The van der Waals surface area contributed by atoms with Crippen LogP contribution in [0.5, 0.6) is 0 Å². The van der Waals surface area contributed by atoms with Crippen LogP contribution in [0.15, 0.2) is 22.0 Å². The average molecular weight is 324 g/mol. The zero-order chi connectivity index (χ0) is 15.6. The van der Waals surface area contributed by atoms with Crippen molar-refractivity contribution in [3.05, 3.63) is 29.6 Å². The van der Waals surface area contributed by atoms with E-state index in [2.05, 4.69) is 8.50 Å². The fourth-order valence-corrected chi connectivity index (χ4v) is 3.80. The number of anilines is 1. The van der Waals surface area contributed by atoms with E-state index in [9.17, 15) is 21.8 Å². The van der Waals surface area contributed by atoms with E-state index in [-0.39, 0.29) is 5.69 Å². The van der Waals surface area contributed by atoms with E-state index in [1.54, 1.807) is 0 Å². The van der Waals surface area contributed by atoms with Gasteiger partial charge in [0.1, 0.15) is 11.4 Å². The summed E-state index contributed by atoms with van der Waals surface area (Å²) in [6.45, 7) is 0. The van der Waals surface area contributed by atoms with Crippen molar-refractivity contribution in [1.29, 1.82) is 0 Å². The molecule has 1 N–H and O–H groups in total. The zero-order valence-electron chi connectivity index (χ0n) is 10.9. The number of benzene rings is 1. The molecular weight excluding hydrogens is 311 g/mol. The van der Waals surface area contributed by atoms with Crippen LogP contribution in [0.1, 0.15) is 10.4 Å². The van der Waals surface area contributed by atoms with E-state index in [1.165, 1.54) is 6.07 Å². The molecule has 0 aliphatic rings. The number of hydrogen-bond donors (Lipinski definition) is 1. The van der Waals surface area contributed by atoms with Crippen LogP contribution >= 0.6 is 0 Å². The Balaban J connectivity index is 3.34. The summed E-state index contributed by atoms with van der Waals surface area (Å²) < 4.78 is 57.6. The van der Waals surface area contributed by atoms with E-state index < -0.39 is 37.3 Å². The lowest BCUT2D eigenvalue weighted by molar-refractivity contribution is 0.0597. The second-order valence-electron chi connectivity index (χ2n) is 3.99. The maximum Gasteiger partial charge on any atom is 0.350 e. The first-order valence-corrected chi connectivity index (χ1v) is 8.91. The molecule has 0 aliphatic heterocycles. The first-order chi connectivity index (χ1) is 9.06. The van der Waals surface area contributed by atoms with Crippen molar-refractivity contribution in [2.45, 2.75) is 0 Å². The summed E-state index contributed by atoms with van der Waals surface area (Å²) in [6.07, 6.45) is 2.25. The second-order valence-corrected chi connectivity index (χ2v) is 8.10. The third-order valence-corrected chi connectivity index (χ3v) is 4.62. The lowest BCUT2D eigenvalue weighted by Crippen LogP contribution is -2.16. The summed E-state index contributed by atoms with van der Waals surface area (Å²) in [4.78, 5) is 11.4. The predicted molar refractivity (Wildman–Crippen MR) is 72.7 cm³/mol. The van der Waals surface area contributed by atoms with Crippen molar-refractivity contribution in [3.8, 4) is 0 Å². The molecular formula is C10H13FN2O5S2. The minimum absolute atomic E-state index is 0.343. The summed E-state index contributed by atoms with van der Waals surface area (Å²) in [5, 5.41) is 0. The van der Waals surface area contributed by atoms with Crippen molar-refractivity contribution in [1.82, 2.24) is 0 Å². The first-order valence-electron chi connectivity index (χ1n) is 5.14. The average Bonchev–Trinajstić information content (AvgIpc) is 2.24. The van der Waals surface area contributed by atoms with Gasteiger partial charge in [0.2, 0.25) is 0 Å². The summed E-state index contributed by atoms with van der Waals surface area (Å²) >= 11 is 0. The first kappa shape index (κ1) is 16.4. The fourth-order valence-electron chi connectivity index (χ4n) is 1.31. The van der Waals surface area contributed by atoms with Gasteiger partial charge in [-0.15, -0.1) is 0 Å². The number of nitrogens with zero attached hydrogens (tertiary/aromatic N) is 1. The van der Waals surface area contributed by atoms with Crippen molar-refractivity contribution in [2.24, 2.45) is 3.77 Å². The number of rotatable bonds is 4. The molecule has 20 heavy (non-hydrogen) atoms. The minimum Gasteiger partial charge on any atom is -0.465 e. The zero-order valence-corrected chi connectivity index (χ0v) is 12.5. The highest BCUT2D eigenvalue weighted by atomic mass is 32.3. The molecule has 0 aromatic heterocycles. The third kappa shape index (κ3) is 4.46. The van der Waals surface area contributed by atoms with Crippen LogP contribution in [0.3, 0.4) is 0 Å². The van der Waals surface area contributed by atoms with Crippen molar-refractivity contribution in [3.63, 3.8) is 0 Å². The molecule has 0 saturated heterocycles. The van der Waals surface area contributed by atoms with Gasteiger partial charge in [-0.3, -0.25) is 4.72 Å². The minimum atomic E-state index is -4.35. The monoisotopic (exact) mass is 324 g/mol. The van der Waals surface area contributed by atoms with E-state index in [0.717, 1.165) is 31.8 Å². The van der Waals surface area contributed by atoms with Gasteiger partial charge in [0.25, 0.3) is 0 Å². The molecule has 0 heterocycles. The van der Waals surface area contributed by atoms with Crippen LogP contribution < -0.4 is 4.72 Å². The van der Waals surface area contributed by atoms with Gasteiger partial charge in [-0.1, -0.05) is 9.83 Å². The van der Waals surface area contributed by atoms with Crippen LogP contribution in [0.25, 0.3) is 0 Å². The molecule has 0 aliphatic carbocycles. The van der Waals surface area contributed by atoms with Crippen molar-refractivity contribution < 1.29 is 26.5 Å². The highest BCUT2D eigenvalue weighted by Gasteiger charge is 2.21. The lowest BCUT2D eigenvalue weighted by atomic mass is 10.2. The number of methoxy groups -OCH3 is 1.